The highest BCUT2D eigenvalue weighted by molar-refractivity contribution is 5.84. The molecule has 7 heteroatoms. The lowest BCUT2D eigenvalue weighted by Gasteiger charge is -2.34. The molecule has 1 rings (SSSR count). The predicted molar refractivity (Wildman–Crippen MR) is 70.2 cm³/mol. The number of hydrogen-bond acceptors (Lipinski definition) is 5. The fourth-order valence-electron chi connectivity index (χ4n) is 1.98. The number of likely N-dealkylation sites (N-methyl/N-ethyl adjacent to an activating group) is 1. The van der Waals surface area contributed by atoms with E-state index in [1.807, 2.05) is 17.9 Å². The minimum Gasteiger partial charge on any atom is -0.355 e. The van der Waals surface area contributed by atoms with E-state index in [1.54, 1.807) is 0 Å². The molecule has 106 valence electrons. The van der Waals surface area contributed by atoms with Crippen molar-refractivity contribution in [3.8, 4) is 6.07 Å². The Morgan fingerprint density at radius 2 is 2.26 bits per heavy atom. The first-order chi connectivity index (χ1) is 9.19. The van der Waals surface area contributed by atoms with Crippen LogP contribution in [0.15, 0.2) is 0 Å². The molecule has 0 bridgehead atoms. The summed E-state index contributed by atoms with van der Waals surface area (Å²) in [5.74, 6) is -0.203. The van der Waals surface area contributed by atoms with Crippen molar-refractivity contribution >= 4 is 11.8 Å². The summed E-state index contributed by atoms with van der Waals surface area (Å²) in [7, 11) is 0. The van der Waals surface area contributed by atoms with E-state index in [-0.39, 0.29) is 24.4 Å². The van der Waals surface area contributed by atoms with Gasteiger partial charge in [-0.25, -0.2) is 0 Å². The van der Waals surface area contributed by atoms with Crippen molar-refractivity contribution in [2.24, 2.45) is 0 Å². The molecule has 1 heterocycles. The first-order valence-electron chi connectivity index (χ1n) is 6.55. The van der Waals surface area contributed by atoms with Gasteiger partial charge in [0.25, 0.3) is 0 Å². The van der Waals surface area contributed by atoms with Gasteiger partial charge in [0.15, 0.2) is 0 Å². The van der Waals surface area contributed by atoms with Crippen molar-refractivity contribution in [3.05, 3.63) is 0 Å². The minimum atomic E-state index is -0.310. The minimum absolute atomic E-state index is 0.0560. The van der Waals surface area contributed by atoms with Crippen LogP contribution in [0.3, 0.4) is 0 Å². The van der Waals surface area contributed by atoms with Gasteiger partial charge in [-0.15, -0.1) is 0 Å². The molecular formula is C12H21N5O2. The number of carbonyl (C=O) groups excluding carboxylic acids is 2. The van der Waals surface area contributed by atoms with Crippen molar-refractivity contribution in [2.45, 2.75) is 19.4 Å². The van der Waals surface area contributed by atoms with Crippen LogP contribution < -0.4 is 16.0 Å². The molecule has 1 saturated heterocycles. The van der Waals surface area contributed by atoms with Gasteiger partial charge >= 0.3 is 0 Å². The summed E-state index contributed by atoms with van der Waals surface area (Å²) >= 11 is 0. The number of nitrogens with one attached hydrogen (secondary N) is 3. The van der Waals surface area contributed by atoms with Gasteiger partial charge < -0.3 is 16.0 Å². The van der Waals surface area contributed by atoms with Gasteiger partial charge in [0.05, 0.1) is 19.0 Å². The SMILES string of the molecule is CCNC(=O)C1CNCCN1CC(=O)NCCC#N. The van der Waals surface area contributed by atoms with Crippen LogP contribution in [0.1, 0.15) is 13.3 Å². The molecule has 1 unspecified atom stereocenters. The highest BCUT2D eigenvalue weighted by atomic mass is 16.2. The Morgan fingerprint density at radius 1 is 1.47 bits per heavy atom. The average Bonchev–Trinajstić information content (AvgIpc) is 2.40. The van der Waals surface area contributed by atoms with Crippen LogP contribution >= 0.6 is 0 Å². The van der Waals surface area contributed by atoms with Gasteiger partial charge in [-0.05, 0) is 6.92 Å². The van der Waals surface area contributed by atoms with E-state index in [4.69, 9.17) is 5.26 Å². The first-order valence-corrected chi connectivity index (χ1v) is 6.55. The van der Waals surface area contributed by atoms with E-state index in [9.17, 15) is 9.59 Å². The fourth-order valence-corrected chi connectivity index (χ4v) is 1.98. The van der Waals surface area contributed by atoms with Crippen molar-refractivity contribution in [1.82, 2.24) is 20.9 Å². The molecule has 0 aromatic carbocycles. The number of carbonyl (C=O) groups is 2. The lowest BCUT2D eigenvalue weighted by molar-refractivity contribution is -0.129. The average molecular weight is 267 g/mol. The maximum atomic E-state index is 11.9. The topological polar surface area (TPSA) is 97.3 Å². The van der Waals surface area contributed by atoms with Crippen molar-refractivity contribution in [3.63, 3.8) is 0 Å². The number of nitrogens with zero attached hydrogens (tertiary/aromatic N) is 2. The van der Waals surface area contributed by atoms with Gasteiger partial charge in [-0.2, -0.15) is 5.26 Å². The van der Waals surface area contributed by atoms with E-state index in [2.05, 4.69) is 16.0 Å². The fraction of sp³-hybridized carbons (Fsp3) is 0.750. The third-order valence-electron chi connectivity index (χ3n) is 2.91. The Kier molecular flexibility index (Phi) is 6.85. The number of rotatable bonds is 6. The summed E-state index contributed by atoms with van der Waals surface area (Å²) in [6.07, 6.45) is 0.299. The number of hydrogen-bond donors (Lipinski definition) is 3. The van der Waals surface area contributed by atoms with Crippen molar-refractivity contribution in [2.75, 3.05) is 39.3 Å². The summed E-state index contributed by atoms with van der Waals surface area (Å²) in [4.78, 5) is 25.4. The molecule has 1 aliphatic heterocycles. The van der Waals surface area contributed by atoms with Gasteiger partial charge in [-0.3, -0.25) is 14.5 Å². The van der Waals surface area contributed by atoms with Crippen LogP contribution in [-0.4, -0.2) is 62.0 Å². The van der Waals surface area contributed by atoms with E-state index in [0.29, 0.717) is 32.6 Å². The Bertz CT molecular complexity index is 353. The van der Waals surface area contributed by atoms with E-state index >= 15 is 0 Å². The molecule has 1 aliphatic rings. The van der Waals surface area contributed by atoms with Crippen LogP contribution in [0, 0.1) is 11.3 Å². The van der Waals surface area contributed by atoms with Gasteiger partial charge in [0.1, 0.15) is 6.04 Å². The Labute approximate surface area is 113 Å². The summed E-state index contributed by atoms with van der Waals surface area (Å²) in [5, 5.41) is 17.0. The van der Waals surface area contributed by atoms with Crippen LogP contribution in [0.4, 0.5) is 0 Å². The molecule has 0 spiro atoms. The molecule has 19 heavy (non-hydrogen) atoms. The molecular weight excluding hydrogens is 246 g/mol. The van der Waals surface area contributed by atoms with Crippen LogP contribution in [-0.2, 0) is 9.59 Å². The first kappa shape index (κ1) is 15.4. The highest BCUT2D eigenvalue weighted by Crippen LogP contribution is 2.03. The van der Waals surface area contributed by atoms with E-state index < -0.39 is 0 Å². The second-order valence-corrected chi connectivity index (χ2v) is 4.34. The maximum Gasteiger partial charge on any atom is 0.238 e. The van der Waals surface area contributed by atoms with Gasteiger partial charge in [0.2, 0.25) is 11.8 Å². The lowest BCUT2D eigenvalue weighted by atomic mass is 10.1. The van der Waals surface area contributed by atoms with Crippen LogP contribution in [0.5, 0.6) is 0 Å². The largest absolute Gasteiger partial charge is 0.355 e. The molecule has 2 amide bonds. The zero-order valence-corrected chi connectivity index (χ0v) is 11.2. The van der Waals surface area contributed by atoms with Crippen molar-refractivity contribution < 1.29 is 9.59 Å². The predicted octanol–water partition coefficient (Wildman–Crippen LogP) is -1.57. The molecule has 7 nitrogen and oxygen atoms in total. The summed E-state index contributed by atoms with van der Waals surface area (Å²) in [6, 6.07) is 1.66. The van der Waals surface area contributed by atoms with Gasteiger partial charge in [-0.1, -0.05) is 0 Å². The lowest BCUT2D eigenvalue weighted by Crippen LogP contribution is -2.59. The van der Waals surface area contributed by atoms with Crippen LogP contribution in [0.25, 0.3) is 0 Å². The normalized spacial score (nSPS) is 19.5. The monoisotopic (exact) mass is 267 g/mol. The summed E-state index contributed by atoms with van der Waals surface area (Å²) in [6.45, 7) is 4.97. The quantitative estimate of drug-likeness (QED) is 0.505. The Hall–Kier alpha value is -1.65. The summed E-state index contributed by atoms with van der Waals surface area (Å²) < 4.78 is 0. The van der Waals surface area contributed by atoms with E-state index in [1.165, 1.54) is 0 Å². The smallest absolute Gasteiger partial charge is 0.238 e. The second-order valence-electron chi connectivity index (χ2n) is 4.34. The zero-order valence-electron chi connectivity index (χ0n) is 11.2. The van der Waals surface area contributed by atoms with Crippen molar-refractivity contribution in [1.29, 1.82) is 5.26 Å². The summed E-state index contributed by atoms with van der Waals surface area (Å²) in [5.41, 5.74) is 0. The third kappa shape index (κ3) is 5.24. The van der Waals surface area contributed by atoms with Crippen LogP contribution in [0.2, 0.25) is 0 Å². The number of amides is 2. The Morgan fingerprint density at radius 3 is 2.95 bits per heavy atom. The molecule has 0 aromatic rings. The molecule has 0 aliphatic carbocycles. The molecule has 0 radical (unpaired) electrons. The second kappa shape index (κ2) is 8.45. The molecule has 0 aromatic heterocycles. The maximum absolute atomic E-state index is 11.9. The highest BCUT2D eigenvalue weighted by Gasteiger charge is 2.29. The molecule has 1 atom stereocenters. The zero-order chi connectivity index (χ0) is 14.1. The molecule has 3 N–H and O–H groups in total. The third-order valence-corrected chi connectivity index (χ3v) is 2.91. The Balaban J connectivity index is 2.46. The molecule has 1 fully saturated rings. The number of nitriles is 1. The molecule has 0 saturated carbocycles. The standard InChI is InChI=1S/C12H21N5O2/c1-2-15-12(19)10-8-14-6-7-17(10)9-11(18)16-5-3-4-13/h10,14H,2-3,5-9H2,1H3,(H,15,19)(H,16,18). The van der Waals surface area contributed by atoms with Gasteiger partial charge in [0, 0.05) is 32.7 Å². The van der Waals surface area contributed by atoms with E-state index in [0.717, 1.165) is 6.54 Å². The number of piperazine rings is 1.